The number of carbonyl (C=O) groups excluding carboxylic acids is 2. The highest BCUT2D eigenvalue weighted by Crippen LogP contribution is 2.27. The molecule has 1 saturated heterocycles. The molecule has 0 aromatic carbocycles. The molecule has 2 rings (SSSR count). The molecule has 15 heteroatoms. The Balaban J connectivity index is 1.85. The summed E-state index contributed by atoms with van der Waals surface area (Å²) in [6.45, 7) is -0.124. The Hall–Kier alpha value is -3.01. The lowest BCUT2D eigenvalue weighted by Gasteiger charge is -2.17. The third-order valence-corrected chi connectivity index (χ3v) is 4.93. The van der Waals surface area contributed by atoms with Crippen LogP contribution in [-0.4, -0.2) is 94.7 Å². The second-order valence-electron chi connectivity index (χ2n) is 7.55. The Labute approximate surface area is 191 Å². The molecule has 5 N–H and O–H groups in total. The number of halogens is 3. The standard InChI is InChI=1S/C19H26F3N5O7/c1-26(7-5-24-17(32)19(20,21)22)6-4-23-14(30)3-2-11-9-27(18(33)25-16(11)31)15-8-12(29)13(10-28)34-15/h2-3,9,12-13,15,28-29H,4-8,10H2,1H3,(H,23,30)(H,24,32)(H,25,31,33). The molecule has 34 heavy (non-hydrogen) atoms. The van der Waals surface area contributed by atoms with E-state index in [1.165, 1.54) is 12.3 Å². The molecule has 190 valence electrons. The highest BCUT2D eigenvalue weighted by Gasteiger charge is 2.38. The van der Waals surface area contributed by atoms with Crippen LogP contribution in [0.3, 0.4) is 0 Å². The number of likely N-dealkylation sites (N-methyl/N-ethyl adjacent to an activating group) is 1. The molecule has 1 aromatic heterocycles. The number of hydrogen-bond donors (Lipinski definition) is 5. The fourth-order valence-corrected chi connectivity index (χ4v) is 3.05. The maximum Gasteiger partial charge on any atom is 0.471 e. The topological polar surface area (TPSA) is 166 Å². The van der Waals surface area contributed by atoms with E-state index in [4.69, 9.17) is 9.84 Å². The maximum atomic E-state index is 12.1. The van der Waals surface area contributed by atoms with E-state index < -0.39 is 54.3 Å². The summed E-state index contributed by atoms with van der Waals surface area (Å²) in [5, 5.41) is 23.3. The SMILES string of the molecule is CN(CCNC(=O)C=Cc1cn(C2CC(O)C(CO)O2)c(=O)[nH]c1=O)CCNC(=O)C(F)(F)F. The first-order valence-corrected chi connectivity index (χ1v) is 10.2. The van der Waals surface area contributed by atoms with Crippen molar-refractivity contribution in [1.82, 2.24) is 25.1 Å². The predicted molar refractivity (Wildman–Crippen MR) is 112 cm³/mol. The van der Waals surface area contributed by atoms with Crippen LogP contribution in [-0.2, 0) is 14.3 Å². The molecule has 0 spiro atoms. The van der Waals surface area contributed by atoms with E-state index >= 15 is 0 Å². The smallest absolute Gasteiger partial charge is 0.394 e. The normalized spacial score (nSPS) is 20.7. The van der Waals surface area contributed by atoms with E-state index in [1.807, 2.05) is 0 Å². The lowest BCUT2D eigenvalue weighted by molar-refractivity contribution is -0.173. The van der Waals surface area contributed by atoms with E-state index in [0.717, 1.165) is 10.6 Å². The minimum Gasteiger partial charge on any atom is -0.394 e. The van der Waals surface area contributed by atoms with Gasteiger partial charge in [0.1, 0.15) is 12.3 Å². The van der Waals surface area contributed by atoms with Gasteiger partial charge in [0.15, 0.2) is 0 Å². The molecule has 3 unspecified atom stereocenters. The van der Waals surface area contributed by atoms with Crippen molar-refractivity contribution in [2.75, 3.05) is 39.8 Å². The molecule has 0 radical (unpaired) electrons. The first-order chi connectivity index (χ1) is 15.9. The quantitative estimate of drug-likeness (QED) is 0.232. The number of hydrogen-bond acceptors (Lipinski definition) is 8. The van der Waals surface area contributed by atoms with Crippen LogP contribution in [0.2, 0.25) is 0 Å². The Morgan fingerprint density at radius 2 is 1.94 bits per heavy atom. The average Bonchev–Trinajstić information content (AvgIpc) is 3.12. The molecular formula is C19H26F3N5O7. The van der Waals surface area contributed by atoms with Crippen LogP contribution in [0.25, 0.3) is 6.08 Å². The van der Waals surface area contributed by atoms with Gasteiger partial charge in [-0.1, -0.05) is 0 Å². The number of aliphatic hydroxyl groups excluding tert-OH is 2. The summed E-state index contributed by atoms with van der Waals surface area (Å²) in [6.07, 6.45) is -4.28. The number of aromatic amines is 1. The lowest BCUT2D eigenvalue weighted by atomic mass is 10.2. The van der Waals surface area contributed by atoms with Gasteiger partial charge in [-0.3, -0.25) is 23.9 Å². The summed E-state index contributed by atoms with van der Waals surface area (Å²) in [6, 6.07) is 0. The Morgan fingerprint density at radius 1 is 1.29 bits per heavy atom. The van der Waals surface area contributed by atoms with Gasteiger partial charge in [0, 0.05) is 44.9 Å². The maximum absolute atomic E-state index is 12.1. The van der Waals surface area contributed by atoms with Crippen LogP contribution in [0, 0.1) is 0 Å². The molecule has 1 aliphatic heterocycles. The van der Waals surface area contributed by atoms with Crippen LogP contribution in [0.15, 0.2) is 21.9 Å². The van der Waals surface area contributed by atoms with Gasteiger partial charge in [-0.15, -0.1) is 0 Å². The first kappa shape index (κ1) is 27.2. The van der Waals surface area contributed by atoms with E-state index in [9.17, 15) is 37.5 Å². The van der Waals surface area contributed by atoms with Crippen LogP contribution in [0.5, 0.6) is 0 Å². The molecule has 0 aliphatic carbocycles. The molecule has 3 atom stereocenters. The van der Waals surface area contributed by atoms with Gasteiger partial charge in [0.25, 0.3) is 5.56 Å². The lowest BCUT2D eigenvalue weighted by Crippen LogP contribution is -2.41. The molecule has 1 aromatic rings. The summed E-state index contributed by atoms with van der Waals surface area (Å²) in [4.78, 5) is 50.5. The van der Waals surface area contributed by atoms with Crippen LogP contribution >= 0.6 is 0 Å². The summed E-state index contributed by atoms with van der Waals surface area (Å²) in [5.41, 5.74) is -1.56. The van der Waals surface area contributed by atoms with Crippen molar-refractivity contribution in [3.63, 3.8) is 0 Å². The molecular weight excluding hydrogens is 467 g/mol. The molecule has 0 bridgehead atoms. The summed E-state index contributed by atoms with van der Waals surface area (Å²) in [7, 11) is 1.59. The predicted octanol–water partition coefficient (Wildman–Crippen LogP) is -2.08. The average molecular weight is 493 g/mol. The van der Waals surface area contributed by atoms with Crippen molar-refractivity contribution in [2.24, 2.45) is 0 Å². The van der Waals surface area contributed by atoms with Gasteiger partial charge < -0.3 is 30.5 Å². The molecule has 1 aliphatic rings. The van der Waals surface area contributed by atoms with Crippen molar-refractivity contribution in [2.45, 2.75) is 31.0 Å². The summed E-state index contributed by atoms with van der Waals surface area (Å²) < 4.78 is 42.8. The Bertz CT molecular complexity index is 1010. The number of nitrogens with one attached hydrogen (secondary N) is 3. The zero-order chi connectivity index (χ0) is 25.5. The third-order valence-electron chi connectivity index (χ3n) is 4.93. The highest BCUT2D eigenvalue weighted by atomic mass is 19.4. The fourth-order valence-electron chi connectivity index (χ4n) is 3.05. The zero-order valence-corrected chi connectivity index (χ0v) is 18.2. The number of aromatic nitrogens is 2. The highest BCUT2D eigenvalue weighted by molar-refractivity contribution is 5.91. The molecule has 2 amide bonds. The third kappa shape index (κ3) is 7.79. The zero-order valence-electron chi connectivity index (χ0n) is 18.2. The van der Waals surface area contributed by atoms with Crippen molar-refractivity contribution in [1.29, 1.82) is 0 Å². The van der Waals surface area contributed by atoms with Crippen LogP contribution in [0.1, 0.15) is 18.2 Å². The van der Waals surface area contributed by atoms with Gasteiger partial charge in [0.05, 0.1) is 18.3 Å². The minimum absolute atomic E-state index is 0.0220. The minimum atomic E-state index is -4.94. The second-order valence-corrected chi connectivity index (χ2v) is 7.55. The molecule has 0 saturated carbocycles. The molecule has 1 fully saturated rings. The van der Waals surface area contributed by atoms with Gasteiger partial charge in [-0.25, -0.2) is 4.79 Å². The van der Waals surface area contributed by atoms with E-state index in [2.05, 4.69) is 10.3 Å². The number of ether oxygens (including phenoxy) is 1. The van der Waals surface area contributed by atoms with E-state index in [-0.39, 0.29) is 38.2 Å². The second kappa shape index (κ2) is 11.9. The first-order valence-electron chi connectivity index (χ1n) is 10.2. The summed E-state index contributed by atoms with van der Waals surface area (Å²) >= 11 is 0. The van der Waals surface area contributed by atoms with Crippen molar-refractivity contribution in [3.05, 3.63) is 38.7 Å². The van der Waals surface area contributed by atoms with Gasteiger partial charge in [-0.05, 0) is 13.1 Å². The number of nitrogens with zero attached hydrogens (tertiary/aromatic N) is 2. The van der Waals surface area contributed by atoms with Gasteiger partial charge in [-0.2, -0.15) is 13.2 Å². The van der Waals surface area contributed by atoms with Crippen molar-refractivity contribution < 1.29 is 37.7 Å². The fraction of sp³-hybridized carbons (Fsp3) is 0.579. The van der Waals surface area contributed by atoms with Gasteiger partial charge in [0.2, 0.25) is 5.91 Å². The Kier molecular flexibility index (Phi) is 9.55. The number of carbonyl (C=O) groups is 2. The molecule has 12 nitrogen and oxygen atoms in total. The number of H-pyrrole nitrogens is 1. The molecule has 2 heterocycles. The number of alkyl halides is 3. The monoisotopic (exact) mass is 493 g/mol. The van der Waals surface area contributed by atoms with Crippen LogP contribution < -0.4 is 21.9 Å². The number of aliphatic hydroxyl groups is 2. The van der Waals surface area contributed by atoms with Crippen molar-refractivity contribution >= 4 is 17.9 Å². The van der Waals surface area contributed by atoms with Crippen molar-refractivity contribution in [3.8, 4) is 0 Å². The number of amides is 2. The van der Waals surface area contributed by atoms with E-state index in [1.54, 1.807) is 17.3 Å². The van der Waals surface area contributed by atoms with E-state index in [0.29, 0.717) is 0 Å². The van der Waals surface area contributed by atoms with Gasteiger partial charge >= 0.3 is 17.8 Å². The largest absolute Gasteiger partial charge is 0.471 e. The summed E-state index contributed by atoms with van der Waals surface area (Å²) in [5.74, 6) is -2.59. The van der Waals surface area contributed by atoms with Crippen LogP contribution in [0.4, 0.5) is 13.2 Å². The Morgan fingerprint density at radius 3 is 2.53 bits per heavy atom. The number of rotatable bonds is 10.